The lowest BCUT2D eigenvalue weighted by Gasteiger charge is -2.21. The summed E-state index contributed by atoms with van der Waals surface area (Å²) >= 11 is 0. The zero-order valence-corrected chi connectivity index (χ0v) is 19.6. The molecule has 174 valence electrons. The van der Waals surface area contributed by atoms with Crippen molar-refractivity contribution in [3.05, 3.63) is 60.0 Å². The molecule has 0 amide bonds. The van der Waals surface area contributed by atoms with Crippen molar-refractivity contribution in [1.82, 2.24) is 19.6 Å². The number of hydrogen-bond acceptors (Lipinski definition) is 4. The van der Waals surface area contributed by atoms with Crippen molar-refractivity contribution in [2.75, 3.05) is 11.9 Å². The largest absolute Gasteiger partial charge is 0.368 e. The minimum Gasteiger partial charge on any atom is -0.368 e. The predicted octanol–water partition coefficient (Wildman–Crippen LogP) is 6.47. The first kappa shape index (κ1) is 22.1. The van der Waals surface area contributed by atoms with Gasteiger partial charge in [0.05, 0.1) is 28.7 Å². The van der Waals surface area contributed by atoms with E-state index >= 15 is 0 Å². The van der Waals surface area contributed by atoms with Crippen LogP contribution < -0.4 is 5.32 Å². The molecule has 1 aliphatic rings. The summed E-state index contributed by atoms with van der Waals surface area (Å²) in [5.41, 5.74) is 3.42. The van der Waals surface area contributed by atoms with Crippen LogP contribution in [0.5, 0.6) is 0 Å². The topological polar surface area (TPSA) is 71.5 Å². The summed E-state index contributed by atoms with van der Waals surface area (Å²) in [7, 11) is 0. The molecular weight excluding hydrogens is 427 g/mol. The zero-order chi connectivity index (χ0) is 23.7. The summed E-state index contributed by atoms with van der Waals surface area (Å²) in [6.07, 6.45) is 8.28. The number of anilines is 1. The highest BCUT2D eigenvalue weighted by Crippen LogP contribution is 2.30. The number of benzene rings is 2. The van der Waals surface area contributed by atoms with E-state index in [1.807, 2.05) is 33.8 Å². The average molecular weight is 457 g/mol. The van der Waals surface area contributed by atoms with Gasteiger partial charge in [-0.3, -0.25) is 4.68 Å². The Morgan fingerprint density at radius 1 is 1.12 bits per heavy atom. The van der Waals surface area contributed by atoms with Gasteiger partial charge < -0.3 is 5.32 Å². The summed E-state index contributed by atoms with van der Waals surface area (Å²) in [5, 5.41) is 23.0. The maximum Gasteiger partial charge on any atom is 0.149 e. The van der Waals surface area contributed by atoms with Gasteiger partial charge in [0.15, 0.2) is 0 Å². The monoisotopic (exact) mass is 456 g/mol. The Bertz CT molecular complexity index is 1350. The fraction of sp³-hybridized carbons (Fsp3) is 0.370. The molecule has 0 atom stereocenters. The Balaban J connectivity index is 1.54. The molecule has 7 heteroatoms. The summed E-state index contributed by atoms with van der Waals surface area (Å²) in [6, 6.07) is 15.0. The van der Waals surface area contributed by atoms with Crippen LogP contribution in [-0.2, 0) is 0 Å². The summed E-state index contributed by atoms with van der Waals surface area (Å²) < 4.78 is 18.3. The quantitative estimate of drug-likeness (QED) is 0.361. The maximum atomic E-state index is 14.5. The normalized spacial score (nSPS) is 14.6. The third-order valence-electron chi connectivity index (χ3n) is 6.70. The first-order valence-electron chi connectivity index (χ1n) is 12.0. The molecule has 0 spiro atoms. The fourth-order valence-electron chi connectivity index (χ4n) is 4.86. The molecule has 0 aliphatic heterocycles. The lowest BCUT2D eigenvalue weighted by molar-refractivity contribution is 0.373. The van der Waals surface area contributed by atoms with Crippen molar-refractivity contribution < 1.29 is 4.39 Å². The smallest absolute Gasteiger partial charge is 0.149 e. The molecule has 4 aromatic rings. The van der Waals surface area contributed by atoms with Crippen LogP contribution in [-0.4, -0.2) is 26.1 Å². The van der Waals surface area contributed by atoms with Gasteiger partial charge in [-0.15, -0.1) is 5.10 Å². The van der Waals surface area contributed by atoms with Gasteiger partial charge in [0.25, 0.3) is 0 Å². The number of rotatable bonds is 6. The first-order valence-corrected chi connectivity index (χ1v) is 12.0. The predicted molar refractivity (Wildman–Crippen MR) is 132 cm³/mol. The van der Waals surface area contributed by atoms with Crippen LogP contribution in [0, 0.1) is 23.1 Å². The van der Waals surface area contributed by atoms with E-state index in [0.29, 0.717) is 11.5 Å². The molecule has 1 N–H and O–H groups in total. The lowest BCUT2D eigenvalue weighted by atomic mass is 9.89. The standard InChI is InChI=1S/C27H29FN6/c1-18(2)33-25-11-10-23(12-22(25)17-31-33)34-26(20-8-9-21(15-29)24(28)13-20)14-27(32-34)30-16-19-6-4-3-5-7-19/h8-14,17-19H,3-7,16H2,1-2H3,(H,30,32). The molecule has 0 radical (unpaired) electrons. The molecule has 0 unspecified atom stereocenters. The van der Waals surface area contributed by atoms with Gasteiger partial charge in [-0.25, -0.2) is 9.07 Å². The number of nitriles is 1. The van der Waals surface area contributed by atoms with Crippen LogP contribution in [0.1, 0.15) is 57.6 Å². The van der Waals surface area contributed by atoms with E-state index in [9.17, 15) is 4.39 Å². The van der Waals surface area contributed by atoms with Crippen LogP contribution in [0.4, 0.5) is 10.2 Å². The van der Waals surface area contributed by atoms with Gasteiger partial charge in [-0.2, -0.15) is 10.4 Å². The summed E-state index contributed by atoms with van der Waals surface area (Å²) in [5.74, 6) is 0.898. The number of nitrogens with one attached hydrogen (secondary N) is 1. The van der Waals surface area contributed by atoms with Crippen molar-refractivity contribution in [1.29, 1.82) is 5.26 Å². The summed E-state index contributed by atoms with van der Waals surface area (Å²) in [4.78, 5) is 0. The molecule has 5 rings (SSSR count). The van der Waals surface area contributed by atoms with Gasteiger partial charge in [0.1, 0.15) is 17.7 Å². The van der Waals surface area contributed by atoms with E-state index in [0.717, 1.165) is 34.6 Å². The third kappa shape index (κ3) is 4.28. The van der Waals surface area contributed by atoms with Gasteiger partial charge in [0, 0.05) is 29.6 Å². The molecule has 1 fully saturated rings. The van der Waals surface area contributed by atoms with Crippen LogP contribution in [0.25, 0.3) is 27.8 Å². The second-order valence-corrected chi connectivity index (χ2v) is 9.44. The number of hydrogen-bond donors (Lipinski definition) is 1. The molecule has 2 heterocycles. The Hall–Kier alpha value is -3.66. The molecular formula is C27H29FN6. The van der Waals surface area contributed by atoms with E-state index in [-0.39, 0.29) is 11.6 Å². The van der Waals surface area contributed by atoms with Crippen LogP contribution in [0.2, 0.25) is 0 Å². The Morgan fingerprint density at radius 3 is 2.68 bits per heavy atom. The Labute approximate surface area is 199 Å². The molecule has 6 nitrogen and oxygen atoms in total. The highest BCUT2D eigenvalue weighted by molar-refractivity contribution is 5.81. The molecule has 1 saturated carbocycles. The Morgan fingerprint density at radius 2 is 1.94 bits per heavy atom. The van der Waals surface area contributed by atoms with E-state index in [1.165, 1.54) is 44.2 Å². The van der Waals surface area contributed by atoms with Gasteiger partial charge in [-0.1, -0.05) is 25.3 Å². The van der Waals surface area contributed by atoms with E-state index in [2.05, 4.69) is 36.4 Å². The maximum absolute atomic E-state index is 14.5. The van der Waals surface area contributed by atoms with Gasteiger partial charge in [-0.05, 0) is 62.9 Å². The third-order valence-corrected chi connectivity index (χ3v) is 6.70. The molecule has 0 bridgehead atoms. The van der Waals surface area contributed by atoms with Crippen LogP contribution in [0.3, 0.4) is 0 Å². The summed E-state index contributed by atoms with van der Waals surface area (Å²) in [6.45, 7) is 5.10. The number of aromatic nitrogens is 4. The van der Waals surface area contributed by atoms with Crippen molar-refractivity contribution in [3.63, 3.8) is 0 Å². The lowest BCUT2D eigenvalue weighted by Crippen LogP contribution is -2.17. The number of halogens is 1. The minimum atomic E-state index is -0.530. The minimum absolute atomic E-state index is 0.0352. The second kappa shape index (κ2) is 9.30. The molecule has 34 heavy (non-hydrogen) atoms. The van der Waals surface area contributed by atoms with Crippen LogP contribution >= 0.6 is 0 Å². The van der Waals surface area contributed by atoms with Crippen molar-refractivity contribution in [2.45, 2.75) is 52.0 Å². The van der Waals surface area contributed by atoms with E-state index in [1.54, 1.807) is 6.07 Å². The number of fused-ring (bicyclic) bond motifs is 1. The number of nitrogens with zero attached hydrogens (tertiary/aromatic N) is 5. The average Bonchev–Trinajstić information content (AvgIpc) is 3.47. The molecule has 1 aliphatic carbocycles. The highest BCUT2D eigenvalue weighted by atomic mass is 19.1. The molecule has 2 aromatic carbocycles. The van der Waals surface area contributed by atoms with Gasteiger partial charge >= 0.3 is 0 Å². The van der Waals surface area contributed by atoms with Crippen molar-refractivity contribution in [2.24, 2.45) is 5.92 Å². The Kier molecular flexibility index (Phi) is 6.06. The van der Waals surface area contributed by atoms with Crippen molar-refractivity contribution >= 4 is 16.7 Å². The van der Waals surface area contributed by atoms with E-state index < -0.39 is 5.82 Å². The molecule has 0 saturated heterocycles. The SMILES string of the molecule is CC(C)n1ncc2cc(-n3nc(NCC4CCCCC4)cc3-c3ccc(C#N)c(F)c3)ccc21. The molecule has 2 aromatic heterocycles. The second-order valence-electron chi connectivity index (χ2n) is 9.44. The van der Waals surface area contributed by atoms with Gasteiger partial charge in [0.2, 0.25) is 0 Å². The van der Waals surface area contributed by atoms with E-state index in [4.69, 9.17) is 10.4 Å². The fourth-order valence-corrected chi connectivity index (χ4v) is 4.86. The highest BCUT2D eigenvalue weighted by Gasteiger charge is 2.17. The first-order chi connectivity index (χ1) is 16.5. The van der Waals surface area contributed by atoms with Crippen molar-refractivity contribution in [3.8, 4) is 23.0 Å². The van der Waals surface area contributed by atoms with Crippen LogP contribution in [0.15, 0.2) is 48.7 Å². The zero-order valence-electron chi connectivity index (χ0n) is 19.6.